The van der Waals surface area contributed by atoms with E-state index in [4.69, 9.17) is 0 Å². The molecule has 32 heavy (non-hydrogen) atoms. The number of hydrogen-bond donors (Lipinski definition) is 2. The van der Waals surface area contributed by atoms with Crippen molar-refractivity contribution < 1.29 is 14.5 Å². The van der Waals surface area contributed by atoms with Crippen molar-refractivity contribution in [1.82, 2.24) is 0 Å². The van der Waals surface area contributed by atoms with Gasteiger partial charge in [0, 0.05) is 33.5 Å². The molecule has 3 aromatic rings. The Kier molecular flexibility index (Phi) is 6.74. The van der Waals surface area contributed by atoms with Crippen molar-refractivity contribution in [2.24, 2.45) is 0 Å². The lowest BCUT2D eigenvalue weighted by molar-refractivity contribution is -0.384. The van der Waals surface area contributed by atoms with Crippen LogP contribution in [0.2, 0.25) is 0 Å². The van der Waals surface area contributed by atoms with Crippen molar-refractivity contribution in [2.75, 3.05) is 10.6 Å². The number of nitro benzene ring substituents is 1. The second-order valence-corrected chi connectivity index (χ2v) is 9.09. The number of carbonyl (C=O) groups is 2. The molecule has 0 aliphatic carbocycles. The van der Waals surface area contributed by atoms with E-state index in [0.717, 1.165) is 5.56 Å². The number of hydrogen-bond acceptors (Lipinski definition) is 4. The summed E-state index contributed by atoms with van der Waals surface area (Å²) in [4.78, 5) is 35.7. The summed E-state index contributed by atoms with van der Waals surface area (Å²) in [5.74, 6) is -0.780. The Balaban J connectivity index is 1.73. The van der Waals surface area contributed by atoms with Gasteiger partial charge in [0.2, 0.25) is 0 Å². The molecule has 0 spiro atoms. The molecule has 0 unspecified atom stereocenters. The van der Waals surface area contributed by atoms with Gasteiger partial charge in [0.1, 0.15) is 0 Å². The lowest BCUT2D eigenvalue weighted by Gasteiger charge is -2.19. The molecule has 0 aromatic heterocycles. The first-order chi connectivity index (χ1) is 15.0. The van der Waals surface area contributed by atoms with Gasteiger partial charge in [0.25, 0.3) is 17.5 Å². The van der Waals surface area contributed by atoms with Crippen molar-refractivity contribution >= 4 is 44.8 Å². The molecule has 0 aliphatic rings. The number of halogens is 1. The van der Waals surface area contributed by atoms with Crippen molar-refractivity contribution in [2.45, 2.75) is 26.2 Å². The van der Waals surface area contributed by atoms with E-state index < -0.39 is 10.8 Å². The molecule has 0 saturated carbocycles. The largest absolute Gasteiger partial charge is 0.322 e. The number of nitrogens with zero attached hydrogens (tertiary/aromatic N) is 1. The van der Waals surface area contributed by atoms with Gasteiger partial charge in [0.15, 0.2) is 0 Å². The predicted octanol–water partition coefficient (Wildman–Crippen LogP) is 6.16. The van der Waals surface area contributed by atoms with Gasteiger partial charge >= 0.3 is 0 Å². The van der Waals surface area contributed by atoms with Crippen LogP contribution in [0, 0.1) is 10.1 Å². The number of rotatable bonds is 5. The monoisotopic (exact) mass is 495 g/mol. The third-order valence-electron chi connectivity index (χ3n) is 4.80. The molecular formula is C24H22BrN3O4. The lowest BCUT2D eigenvalue weighted by atomic mass is 9.87. The molecule has 0 heterocycles. The van der Waals surface area contributed by atoms with Gasteiger partial charge in [0.05, 0.1) is 10.5 Å². The molecule has 164 valence electrons. The van der Waals surface area contributed by atoms with Crippen LogP contribution >= 0.6 is 15.9 Å². The van der Waals surface area contributed by atoms with Crippen molar-refractivity contribution in [3.63, 3.8) is 0 Å². The van der Waals surface area contributed by atoms with Gasteiger partial charge in [-0.3, -0.25) is 19.7 Å². The van der Waals surface area contributed by atoms with Gasteiger partial charge < -0.3 is 10.6 Å². The van der Waals surface area contributed by atoms with E-state index in [0.29, 0.717) is 21.4 Å². The fraction of sp³-hybridized carbons (Fsp3) is 0.167. The Hall–Kier alpha value is -3.52. The summed E-state index contributed by atoms with van der Waals surface area (Å²) in [7, 11) is 0. The van der Waals surface area contributed by atoms with Crippen LogP contribution in [0.5, 0.6) is 0 Å². The van der Waals surface area contributed by atoms with Gasteiger partial charge in [-0.1, -0.05) is 39.0 Å². The molecule has 8 heteroatoms. The molecule has 2 amide bonds. The van der Waals surface area contributed by atoms with E-state index in [2.05, 4.69) is 47.3 Å². The number of amides is 2. The number of non-ortho nitro benzene ring substituents is 1. The number of carbonyl (C=O) groups excluding carboxylic acids is 2. The normalized spacial score (nSPS) is 11.0. The molecule has 0 bridgehead atoms. The summed E-state index contributed by atoms with van der Waals surface area (Å²) in [6.45, 7) is 6.32. The molecule has 3 aromatic carbocycles. The summed E-state index contributed by atoms with van der Waals surface area (Å²) >= 11 is 3.24. The highest BCUT2D eigenvalue weighted by molar-refractivity contribution is 9.10. The maximum absolute atomic E-state index is 12.6. The number of anilines is 2. The maximum Gasteiger partial charge on any atom is 0.270 e. The number of nitro groups is 1. The quantitative estimate of drug-likeness (QED) is 0.326. The zero-order chi connectivity index (χ0) is 23.5. The molecular weight excluding hydrogens is 474 g/mol. The van der Waals surface area contributed by atoms with E-state index in [-0.39, 0.29) is 22.6 Å². The van der Waals surface area contributed by atoms with Crippen LogP contribution in [0.4, 0.5) is 17.1 Å². The average molecular weight is 496 g/mol. The first kappa shape index (κ1) is 23.1. The lowest BCUT2D eigenvalue weighted by Crippen LogP contribution is -2.15. The van der Waals surface area contributed by atoms with E-state index in [9.17, 15) is 19.7 Å². The Morgan fingerprint density at radius 3 is 2.03 bits per heavy atom. The average Bonchev–Trinajstić information content (AvgIpc) is 2.73. The van der Waals surface area contributed by atoms with E-state index in [1.165, 1.54) is 18.2 Å². The van der Waals surface area contributed by atoms with E-state index in [1.807, 2.05) is 12.1 Å². The molecule has 3 rings (SSSR count). The zero-order valence-electron chi connectivity index (χ0n) is 17.8. The second kappa shape index (κ2) is 9.32. The Bertz CT molecular complexity index is 1180. The second-order valence-electron chi connectivity index (χ2n) is 8.24. The third kappa shape index (κ3) is 5.59. The van der Waals surface area contributed by atoms with Crippen molar-refractivity contribution in [1.29, 1.82) is 0 Å². The summed E-state index contributed by atoms with van der Waals surface area (Å²) in [6.07, 6.45) is 0. The summed E-state index contributed by atoms with van der Waals surface area (Å²) in [5, 5.41) is 16.5. The minimum absolute atomic E-state index is 0.00424. The summed E-state index contributed by atoms with van der Waals surface area (Å²) < 4.78 is 0.434. The first-order valence-electron chi connectivity index (χ1n) is 9.82. The van der Waals surface area contributed by atoms with Crippen LogP contribution < -0.4 is 10.6 Å². The summed E-state index contributed by atoms with van der Waals surface area (Å²) in [5.41, 5.74) is 2.54. The van der Waals surface area contributed by atoms with Gasteiger partial charge in [-0.05, 0) is 63.3 Å². The van der Waals surface area contributed by atoms with Gasteiger partial charge in [-0.25, -0.2) is 0 Å². The highest BCUT2D eigenvalue weighted by Gasteiger charge is 2.17. The zero-order valence-corrected chi connectivity index (χ0v) is 19.4. The fourth-order valence-corrected chi connectivity index (χ4v) is 3.43. The number of nitrogens with one attached hydrogen (secondary N) is 2. The van der Waals surface area contributed by atoms with Crippen LogP contribution in [-0.2, 0) is 5.41 Å². The predicted molar refractivity (Wildman–Crippen MR) is 128 cm³/mol. The minimum atomic E-state index is -0.562. The smallest absolute Gasteiger partial charge is 0.270 e. The summed E-state index contributed by atoms with van der Waals surface area (Å²) in [6, 6.07) is 18.1. The van der Waals surface area contributed by atoms with Gasteiger partial charge in [-0.15, -0.1) is 0 Å². The molecule has 2 N–H and O–H groups in total. The Labute approximate surface area is 194 Å². The molecule has 0 aliphatic heterocycles. The fourth-order valence-electron chi connectivity index (χ4n) is 3.00. The first-order valence-corrected chi connectivity index (χ1v) is 10.6. The SMILES string of the molecule is CC(C)(C)c1ccc(C(=O)Nc2cccc(NC(=O)c3cc([N+](=O)[O-])ccc3Br)c2)cc1. The Morgan fingerprint density at radius 2 is 1.47 bits per heavy atom. The van der Waals surface area contributed by atoms with Crippen LogP contribution in [0.25, 0.3) is 0 Å². The Morgan fingerprint density at radius 1 is 0.875 bits per heavy atom. The molecule has 0 fully saturated rings. The minimum Gasteiger partial charge on any atom is -0.322 e. The van der Waals surface area contributed by atoms with Crippen LogP contribution in [0.1, 0.15) is 47.1 Å². The highest BCUT2D eigenvalue weighted by atomic mass is 79.9. The van der Waals surface area contributed by atoms with E-state index >= 15 is 0 Å². The van der Waals surface area contributed by atoms with Crippen LogP contribution in [0.15, 0.2) is 71.2 Å². The van der Waals surface area contributed by atoms with Crippen molar-refractivity contribution in [3.05, 3.63) is 98.0 Å². The molecule has 0 atom stereocenters. The standard InChI is InChI=1S/C24H22BrN3O4/c1-24(2,3)16-9-7-15(8-10-16)22(29)26-17-5-4-6-18(13-17)27-23(30)20-14-19(28(31)32)11-12-21(20)25/h4-14H,1-3H3,(H,26,29)(H,27,30). The topological polar surface area (TPSA) is 101 Å². The highest BCUT2D eigenvalue weighted by Crippen LogP contribution is 2.25. The molecule has 0 radical (unpaired) electrons. The molecule has 0 saturated heterocycles. The van der Waals surface area contributed by atoms with Crippen LogP contribution in [-0.4, -0.2) is 16.7 Å². The van der Waals surface area contributed by atoms with Crippen LogP contribution in [0.3, 0.4) is 0 Å². The molecule has 7 nitrogen and oxygen atoms in total. The van der Waals surface area contributed by atoms with Crippen molar-refractivity contribution in [3.8, 4) is 0 Å². The van der Waals surface area contributed by atoms with Gasteiger partial charge in [-0.2, -0.15) is 0 Å². The number of benzene rings is 3. The van der Waals surface area contributed by atoms with E-state index in [1.54, 1.807) is 36.4 Å². The maximum atomic E-state index is 12.6. The third-order valence-corrected chi connectivity index (χ3v) is 5.49.